The number of hydrogen-bond acceptors (Lipinski definition) is 5. The Bertz CT molecular complexity index is 993. The SMILES string of the molecule is O=C(NCC(F)(F)F)c1ccc(S(=O)(=O)NCC(c2ccccc2)N2CCOCC2)cc1. The van der Waals surface area contributed by atoms with E-state index in [0.29, 0.717) is 26.3 Å². The highest BCUT2D eigenvalue weighted by Crippen LogP contribution is 2.22. The van der Waals surface area contributed by atoms with Crippen molar-refractivity contribution in [1.82, 2.24) is 14.9 Å². The Labute approximate surface area is 184 Å². The number of nitrogens with one attached hydrogen (secondary N) is 2. The van der Waals surface area contributed by atoms with E-state index < -0.39 is 28.7 Å². The van der Waals surface area contributed by atoms with Crippen LogP contribution in [0, 0.1) is 0 Å². The maximum atomic E-state index is 12.8. The zero-order valence-corrected chi connectivity index (χ0v) is 18.0. The van der Waals surface area contributed by atoms with E-state index in [0.717, 1.165) is 5.56 Å². The topological polar surface area (TPSA) is 87.7 Å². The summed E-state index contributed by atoms with van der Waals surface area (Å²) in [7, 11) is -3.90. The molecule has 11 heteroatoms. The van der Waals surface area contributed by atoms with E-state index in [1.165, 1.54) is 24.3 Å². The van der Waals surface area contributed by atoms with Crippen LogP contribution in [0.5, 0.6) is 0 Å². The van der Waals surface area contributed by atoms with Crippen LogP contribution in [0.4, 0.5) is 13.2 Å². The molecule has 1 unspecified atom stereocenters. The van der Waals surface area contributed by atoms with Crippen LogP contribution < -0.4 is 10.0 Å². The lowest BCUT2D eigenvalue weighted by molar-refractivity contribution is -0.123. The van der Waals surface area contributed by atoms with E-state index in [1.54, 1.807) is 5.32 Å². The third kappa shape index (κ3) is 6.76. The van der Waals surface area contributed by atoms with E-state index in [9.17, 15) is 26.4 Å². The lowest BCUT2D eigenvalue weighted by Gasteiger charge is -2.34. The first-order valence-corrected chi connectivity index (χ1v) is 11.5. The van der Waals surface area contributed by atoms with E-state index in [1.807, 2.05) is 30.3 Å². The molecule has 0 aromatic heterocycles. The molecule has 32 heavy (non-hydrogen) atoms. The van der Waals surface area contributed by atoms with Gasteiger partial charge in [-0.2, -0.15) is 13.2 Å². The fourth-order valence-electron chi connectivity index (χ4n) is 3.36. The summed E-state index contributed by atoms with van der Waals surface area (Å²) in [5, 5.41) is 1.75. The minimum atomic E-state index is -4.53. The van der Waals surface area contributed by atoms with Gasteiger partial charge >= 0.3 is 6.18 Å². The van der Waals surface area contributed by atoms with Gasteiger partial charge in [-0.3, -0.25) is 9.69 Å². The number of amides is 1. The molecule has 1 amide bonds. The molecule has 1 aliphatic rings. The molecule has 3 rings (SSSR count). The smallest absolute Gasteiger partial charge is 0.379 e. The number of carbonyl (C=O) groups excluding carboxylic acids is 1. The summed E-state index contributed by atoms with van der Waals surface area (Å²) in [6.45, 7) is 1.13. The van der Waals surface area contributed by atoms with Crippen LogP contribution in [-0.2, 0) is 14.8 Å². The second-order valence-electron chi connectivity index (χ2n) is 7.25. The first-order valence-electron chi connectivity index (χ1n) is 9.97. The minimum absolute atomic E-state index is 0.0660. The molecule has 0 radical (unpaired) electrons. The van der Waals surface area contributed by atoms with Crippen LogP contribution in [0.2, 0.25) is 0 Å². The van der Waals surface area contributed by atoms with Crippen molar-refractivity contribution in [2.24, 2.45) is 0 Å². The van der Waals surface area contributed by atoms with Crippen molar-refractivity contribution in [1.29, 1.82) is 0 Å². The molecule has 1 heterocycles. The van der Waals surface area contributed by atoms with Crippen molar-refractivity contribution in [3.8, 4) is 0 Å². The highest BCUT2D eigenvalue weighted by molar-refractivity contribution is 7.89. The molecular formula is C21H24F3N3O4S. The third-order valence-corrected chi connectivity index (χ3v) is 6.45. The fraction of sp³-hybridized carbons (Fsp3) is 0.381. The van der Waals surface area contributed by atoms with Crippen LogP contribution in [0.15, 0.2) is 59.5 Å². The first kappa shape index (κ1) is 24.2. The van der Waals surface area contributed by atoms with Crippen molar-refractivity contribution in [2.75, 3.05) is 39.4 Å². The number of nitrogens with zero attached hydrogens (tertiary/aromatic N) is 1. The zero-order valence-electron chi connectivity index (χ0n) is 17.1. The van der Waals surface area contributed by atoms with Gasteiger partial charge in [-0.05, 0) is 29.8 Å². The highest BCUT2D eigenvalue weighted by atomic mass is 32.2. The van der Waals surface area contributed by atoms with Gasteiger partial charge in [0.15, 0.2) is 0 Å². The Hall–Kier alpha value is -2.47. The number of halogens is 3. The summed E-state index contributed by atoms with van der Waals surface area (Å²) >= 11 is 0. The molecule has 1 aliphatic heterocycles. The largest absolute Gasteiger partial charge is 0.405 e. The summed E-state index contributed by atoms with van der Waals surface area (Å²) in [6, 6.07) is 14.1. The predicted octanol–water partition coefficient (Wildman–Crippen LogP) is 2.33. The first-order chi connectivity index (χ1) is 15.2. The standard InChI is InChI=1S/C21H24F3N3O4S/c22-21(23,24)15-25-20(28)17-6-8-18(9-7-17)32(29,30)26-14-19(16-4-2-1-3-5-16)27-10-12-31-13-11-27/h1-9,19,26H,10-15H2,(H,25,28). The summed E-state index contributed by atoms with van der Waals surface area (Å²) in [5.41, 5.74) is 0.900. The van der Waals surface area contributed by atoms with Gasteiger partial charge in [0.05, 0.1) is 18.1 Å². The second kappa shape index (κ2) is 10.4. The van der Waals surface area contributed by atoms with Crippen LogP contribution >= 0.6 is 0 Å². The molecule has 0 spiro atoms. The third-order valence-electron chi connectivity index (χ3n) is 5.01. The maximum Gasteiger partial charge on any atom is 0.405 e. The van der Waals surface area contributed by atoms with E-state index in [4.69, 9.17) is 4.74 Å². The van der Waals surface area contributed by atoms with E-state index in [2.05, 4.69) is 9.62 Å². The van der Waals surface area contributed by atoms with Crippen LogP contribution in [-0.4, -0.2) is 64.8 Å². The molecule has 0 aliphatic carbocycles. The summed E-state index contributed by atoms with van der Waals surface area (Å²) in [4.78, 5) is 13.9. The highest BCUT2D eigenvalue weighted by Gasteiger charge is 2.28. The Morgan fingerprint density at radius 1 is 1.03 bits per heavy atom. The van der Waals surface area contributed by atoms with Crippen LogP contribution in [0.25, 0.3) is 0 Å². The Kier molecular flexibility index (Phi) is 7.88. The molecule has 7 nitrogen and oxygen atoms in total. The Morgan fingerprint density at radius 3 is 2.25 bits per heavy atom. The van der Waals surface area contributed by atoms with Crippen molar-refractivity contribution >= 4 is 15.9 Å². The van der Waals surface area contributed by atoms with Crippen LogP contribution in [0.3, 0.4) is 0 Å². The number of sulfonamides is 1. The van der Waals surface area contributed by atoms with Crippen molar-refractivity contribution in [3.63, 3.8) is 0 Å². The number of alkyl halides is 3. The summed E-state index contributed by atoms with van der Waals surface area (Å²) in [5.74, 6) is -0.935. The summed E-state index contributed by atoms with van der Waals surface area (Å²) in [6.07, 6.45) is -4.53. The molecule has 1 fully saturated rings. The summed E-state index contributed by atoms with van der Waals surface area (Å²) < 4.78 is 70.3. The molecular weight excluding hydrogens is 447 g/mol. The van der Waals surface area contributed by atoms with Crippen molar-refractivity contribution < 1.29 is 31.1 Å². The predicted molar refractivity (Wildman–Crippen MR) is 112 cm³/mol. The average Bonchev–Trinajstić information content (AvgIpc) is 2.78. The number of carbonyl (C=O) groups is 1. The lowest BCUT2D eigenvalue weighted by Crippen LogP contribution is -2.43. The van der Waals surface area contributed by atoms with Gasteiger partial charge in [-0.25, -0.2) is 13.1 Å². The van der Waals surface area contributed by atoms with Gasteiger partial charge in [0.1, 0.15) is 6.54 Å². The van der Waals surface area contributed by atoms with Crippen LogP contribution in [0.1, 0.15) is 22.0 Å². The number of ether oxygens (including phenoxy) is 1. The Balaban J connectivity index is 1.68. The monoisotopic (exact) mass is 471 g/mol. The molecule has 174 valence electrons. The molecule has 0 bridgehead atoms. The molecule has 0 saturated carbocycles. The minimum Gasteiger partial charge on any atom is -0.379 e. The van der Waals surface area contributed by atoms with Gasteiger partial charge < -0.3 is 10.1 Å². The quantitative estimate of drug-likeness (QED) is 0.617. The number of rotatable bonds is 8. The number of morpholine rings is 1. The second-order valence-corrected chi connectivity index (χ2v) is 9.02. The molecule has 2 aromatic rings. The average molecular weight is 472 g/mol. The van der Waals surface area contributed by atoms with Gasteiger partial charge in [0, 0.05) is 31.2 Å². The lowest BCUT2D eigenvalue weighted by atomic mass is 10.1. The Morgan fingerprint density at radius 2 is 1.66 bits per heavy atom. The molecule has 2 aromatic carbocycles. The van der Waals surface area contributed by atoms with Gasteiger partial charge in [-0.15, -0.1) is 0 Å². The zero-order chi connectivity index (χ0) is 23.2. The molecule has 2 N–H and O–H groups in total. The number of benzene rings is 2. The van der Waals surface area contributed by atoms with E-state index >= 15 is 0 Å². The molecule has 1 saturated heterocycles. The fourth-order valence-corrected chi connectivity index (χ4v) is 4.40. The number of hydrogen-bond donors (Lipinski definition) is 2. The van der Waals surface area contributed by atoms with Crippen molar-refractivity contribution in [2.45, 2.75) is 17.1 Å². The van der Waals surface area contributed by atoms with Gasteiger partial charge in [0.2, 0.25) is 10.0 Å². The normalized spacial score (nSPS) is 16.5. The maximum absolute atomic E-state index is 12.8. The van der Waals surface area contributed by atoms with Gasteiger partial charge in [0.25, 0.3) is 5.91 Å². The van der Waals surface area contributed by atoms with E-state index in [-0.39, 0.29) is 23.0 Å². The molecule has 1 atom stereocenters. The van der Waals surface area contributed by atoms with Crippen molar-refractivity contribution in [3.05, 3.63) is 65.7 Å². The van der Waals surface area contributed by atoms with Gasteiger partial charge in [-0.1, -0.05) is 30.3 Å².